The maximum atomic E-state index is 6.39. The lowest BCUT2D eigenvalue weighted by Crippen LogP contribution is -2.38. The molecule has 0 spiro atoms. The van der Waals surface area contributed by atoms with E-state index in [1.54, 1.807) is 11.3 Å². The summed E-state index contributed by atoms with van der Waals surface area (Å²) in [6.45, 7) is 4.21. The molecule has 1 aromatic heterocycles. The third-order valence-electron chi connectivity index (χ3n) is 4.02. The third kappa shape index (κ3) is 2.46. The van der Waals surface area contributed by atoms with Gasteiger partial charge in [-0.3, -0.25) is 4.90 Å². The molecule has 0 radical (unpaired) electrons. The lowest BCUT2D eigenvalue weighted by molar-refractivity contribution is 0.170. The van der Waals surface area contributed by atoms with Gasteiger partial charge in [0, 0.05) is 19.1 Å². The highest BCUT2D eigenvalue weighted by Crippen LogP contribution is 2.34. The van der Waals surface area contributed by atoms with Crippen molar-refractivity contribution in [2.45, 2.75) is 38.5 Å². The molecule has 3 heteroatoms. The van der Waals surface area contributed by atoms with Crippen molar-refractivity contribution in [1.29, 1.82) is 0 Å². The maximum absolute atomic E-state index is 6.39. The van der Waals surface area contributed by atoms with Gasteiger partial charge in [-0.05, 0) is 39.9 Å². The lowest BCUT2D eigenvalue weighted by Gasteiger charge is -2.31. The van der Waals surface area contributed by atoms with Crippen LogP contribution in [-0.4, -0.2) is 10.9 Å². The van der Waals surface area contributed by atoms with Gasteiger partial charge < -0.3 is 5.73 Å². The highest BCUT2D eigenvalue weighted by Gasteiger charge is 2.30. The van der Waals surface area contributed by atoms with Crippen LogP contribution in [-0.2, 0) is 13.1 Å². The van der Waals surface area contributed by atoms with Gasteiger partial charge in [0.25, 0.3) is 0 Å². The van der Waals surface area contributed by atoms with Crippen LogP contribution in [0.1, 0.15) is 36.1 Å². The number of benzene rings is 1. The van der Waals surface area contributed by atoms with Crippen molar-refractivity contribution in [2.24, 2.45) is 5.73 Å². The van der Waals surface area contributed by atoms with E-state index in [-0.39, 0.29) is 6.04 Å². The molecule has 2 N–H and O–H groups in total. The average molecular weight is 272 g/mol. The van der Waals surface area contributed by atoms with Crippen LogP contribution in [0.2, 0.25) is 0 Å². The molecule has 0 fully saturated rings. The van der Waals surface area contributed by atoms with Crippen molar-refractivity contribution in [3.8, 4) is 0 Å². The first-order valence-corrected chi connectivity index (χ1v) is 7.82. The van der Waals surface area contributed by atoms with Crippen molar-refractivity contribution in [3.63, 3.8) is 0 Å². The zero-order valence-electron chi connectivity index (χ0n) is 11.3. The summed E-state index contributed by atoms with van der Waals surface area (Å²) in [7, 11) is 0. The highest BCUT2D eigenvalue weighted by molar-refractivity contribution is 7.07. The van der Waals surface area contributed by atoms with Crippen molar-refractivity contribution >= 4 is 11.3 Å². The van der Waals surface area contributed by atoms with Gasteiger partial charge in [0.15, 0.2) is 0 Å². The quantitative estimate of drug-likeness (QED) is 0.922. The van der Waals surface area contributed by atoms with Crippen molar-refractivity contribution in [3.05, 3.63) is 57.8 Å². The average Bonchev–Trinajstić information content (AvgIpc) is 3.07. The summed E-state index contributed by atoms with van der Waals surface area (Å²) >= 11 is 1.76. The molecular weight excluding hydrogens is 252 g/mol. The van der Waals surface area contributed by atoms with E-state index in [1.165, 1.54) is 16.7 Å². The van der Waals surface area contributed by atoms with E-state index in [0.717, 1.165) is 19.5 Å². The molecule has 2 heterocycles. The highest BCUT2D eigenvalue weighted by atomic mass is 32.1. The van der Waals surface area contributed by atoms with E-state index in [0.29, 0.717) is 6.04 Å². The molecule has 0 saturated heterocycles. The Bertz CT molecular complexity index is 510. The van der Waals surface area contributed by atoms with Gasteiger partial charge >= 0.3 is 0 Å². The second kappa shape index (κ2) is 5.45. The Balaban J connectivity index is 1.87. The van der Waals surface area contributed by atoms with Crippen LogP contribution >= 0.6 is 11.3 Å². The number of rotatable bonds is 4. The molecule has 1 aromatic carbocycles. The molecule has 100 valence electrons. The van der Waals surface area contributed by atoms with Gasteiger partial charge in [-0.1, -0.05) is 31.2 Å². The van der Waals surface area contributed by atoms with E-state index >= 15 is 0 Å². The number of nitrogens with two attached hydrogens (primary N) is 1. The summed E-state index contributed by atoms with van der Waals surface area (Å²) in [5, 5.41) is 4.39. The first-order chi connectivity index (χ1) is 9.29. The Hall–Kier alpha value is -1.16. The van der Waals surface area contributed by atoms with E-state index in [2.05, 4.69) is 52.9 Å². The first kappa shape index (κ1) is 12.9. The van der Waals surface area contributed by atoms with E-state index in [9.17, 15) is 0 Å². The van der Waals surface area contributed by atoms with Crippen LogP contribution in [0.4, 0.5) is 0 Å². The van der Waals surface area contributed by atoms with Crippen molar-refractivity contribution in [2.75, 3.05) is 0 Å². The van der Waals surface area contributed by atoms with E-state index in [4.69, 9.17) is 5.73 Å². The van der Waals surface area contributed by atoms with Gasteiger partial charge in [0.05, 0.1) is 6.04 Å². The minimum atomic E-state index is 0.198. The van der Waals surface area contributed by atoms with Gasteiger partial charge in [-0.15, -0.1) is 0 Å². The molecule has 0 aliphatic carbocycles. The molecule has 19 heavy (non-hydrogen) atoms. The zero-order chi connectivity index (χ0) is 13.2. The summed E-state index contributed by atoms with van der Waals surface area (Å²) in [5.74, 6) is 0. The Morgan fingerprint density at radius 1 is 1.21 bits per heavy atom. The van der Waals surface area contributed by atoms with Crippen molar-refractivity contribution < 1.29 is 0 Å². The number of hydrogen-bond donors (Lipinski definition) is 1. The number of fused-ring (bicyclic) bond motifs is 1. The van der Waals surface area contributed by atoms with Crippen molar-refractivity contribution in [1.82, 2.24) is 4.90 Å². The molecule has 0 bridgehead atoms. The van der Waals surface area contributed by atoms with Crippen LogP contribution in [0.25, 0.3) is 0 Å². The number of hydrogen-bond acceptors (Lipinski definition) is 3. The Kier molecular flexibility index (Phi) is 3.69. The molecular formula is C16H20N2S. The fraction of sp³-hybridized carbons (Fsp3) is 0.375. The van der Waals surface area contributed by atoms with Gasteiger partial charge in [-0.2, -0.15) is 11.3 Å². The molecule has 2 aromatic rings. The normalized spacial score (nSPS) is 18.2. The van der Waals surface area contributed by atoms with Gasteiger partial charge in [0.2, 0.25) is 0 Å². The summed E-state index contributed by atoms with van der Waals surface area (Å²) in [6.07, 6.45) is 1.01. The summed E-state index contributed by atoms with van der Waals surface area (Å²) in [5.41, 5.74) is 10.7. The smallest absolute Gasteiger partial charge is 0.0514 e. The first-order valence-electron chi connectivity index (χ1n) is 6.88. The third-order valence-corrected chi connectivity index (χ3v) is 4.72. The minimum Gasteiger partial charge on any atom is -0.326 e. The largest absolute Gasteiger partial charge is 0.326 e. The monoisotopic (exact) mass is 272 g/mol. The maximum Gasteiger partial charge on any atom is 0.0514 e. The second-order valence-electron chi connectivity index (χ2n) is 5.25. The summed E-state index contributed by atoms with van der Waals surface area (Å²) < 4.78 is 0. The minimum absolute atomic E-state index is 0.198. The van der Waals surface area contributed by atoms with Gasteiger partial charge in [-0.25, -0.2) is 0 Å². The lowest BCUT2D eigenvalue weighted by atomic mass is 9.99. The number of thiophene rings is 1. The molecule has 2 nitrogen and oxygen atoms in total. The Morgan fingerprint density at radius 2 is 1.89 bits per heavy atom. The Morgan fingerprint density at radius 3 is 2.42 bits per heavy atom. The van der Waals surface area contributed by atoms with E-state index < -0.39 is 0 Å². The van der Waals surface area contributed by atoms with Crippen LogP contribution < -0.4 is 5.73 Å². The standard InChI is InChI=1S/C16H20N2S/c1-2-15(17)16(14-7-8-19-11-14)18-9-12-5-3-4-6-13(12)10-18/h3-8,11,15-16H,2,9-10,17H2,1H3. The summed E-state index contributed by atoms with van der Waals surface area (Å²) in [6, 6.07) is 11.5. The predicted molar refractivity (Wildman–Crippen MR) is 81.0 cm³/mol. The predicted octanol–water partition coefficient (Wildman–Crippen LogP) is 3.54. The molecule has 0 saturated carbocycles. The SMILES string of the molecule is CCC(N)C(c1ccsc1)N1Cc2ccccc2C1. The van der Waals surface area contributed by atoms with Crippen LogP contribution in [0.5, 0.6) is 0 Å². The molecule has 1 aliphatic rings. The van der Waals surface area contributed by atoms with E-state index in [1.807, 2.05) is 0 Å². The van der Waals surface area contributed by atoms with Crippen LogP contribution in [0.15, 0.2) is 41.1 Å². The zero-order valence-corrected chi connectivity index (χ0v) is 12.1. The van der Waals surface area contributed by atoms with Crippen LogP contribution in [0.3, 0.4) is 0 Å². The fourth-order valence-electron chi connectivity index (χ4n) is 2.95. The number of nitrogens with zero attached hydrogens (tertiary/aromatic N) is 1. The topological polar surface area (TPSA) is 29.3 Å². The Labute approximate surface area is 118 Å². The van der Waals surface area contributed by atoms with Gasteiger partial charge in [0.1, 0.15) is 0 Å². The molecule has 3 rings (SSSR count). The molecule has 2 atom stereocenters. The summed E-state index contributed by atoms with van der Waals surface area (Å²) in [4.78, 5) is 2.51. The van der Waals surface area contributed by atoms with Crippen LogP contribution in [0, 0.1) is 0 Å². The molecule has 1 aliphatic heterocycles. The fourth-order valence-corrected chi connectivity index (χ4v) is 3.64. The molecule has 0 amide bonds. The second-order valence-corrected chi connectivity index (χ2v) is 6.03. The molecule has 2 unspecified atom stereocenters.